The maximum Gasteiger partial charge on any atom is 0.239 e. The first-order valence-electron chi connectivity index (χ1n) is 8.69. The summed E-state index contributed by atoms with van der Waals surface area (Å²) in [6, 6.07) is 3.27. The molecule has 2 aliphatic rings. The Morgan fingerprint density at radius 1 is 1.00 bits per heavy atom. The molecule has 0 spiro atoms. The second kappa shape index (κ2) is 7.39. The molecule has 0 aromatic heterocycles. The zero-order chi connectivity index (χ0) is 18.8. The van der Waals surface area contributed by atoms with Gasteiger partial charge in [0.05, 0.1) is 0 Å². The Labute approximate surface area is 150 Å². The second-order valence-corrected chi connectivity index (χ2v) is 6.61. The van der Waals surface area contributed by atoms with Gasteiger partial charge in [0.25, 0.3) is 0 Å². The van der Waals surface area contributed by atoms with Crippen LogP contribution in [0.15, 0.2) is 18.2 Å². The zero-order valence-electron chi connectivity index (χ0n) is 14.6. The number of hydrogen-bond acceptors (Lipinski definition) is 3. The van der Waals surface area contributed by atoms with Gasteiger partial charge in [0.2, 0.25) is 17.7 Å². The van der Waals surface area contributed by atoms with Crippen molar-refractivity contribution in [2.45, 2.75) is 19.8 Å². The second-order valence-electron chi connectivity index (χ2n) is 6.61. The Kier molecular flexibility index (Phi) is 5.20. The predicted molar refractivity (Wildman–Crippen MR) is 90.3 cm³/mol. The molecule has 0 saturated carbocycles. The molecule has 26 heavy (non-hydrogen) atoms. The van der Waals surface area contributed by atoms with E-state index in [1.807, 2.05) is 0 Å². The number of hydrogen-bond donors (Lipinski definition) is 0. The van der Waals surface area contributed by atoms with Crippen LogP contribution in [-0.2, 0) is 14.4 Å². The molecule has 6 nitrogen and oxygen atoms in total. The molecule has 2 aliphatic heterocycles. The number of nitrogens with zero attached hydrogens (tertiary/aromatic N) is 3. The summed E-state index contributed by atoms with van der Waals surface area (Å²) in [4.78, 5) is 41.6. The van der Waals surface area contributed by atoms with Crippen LogP contribution in [0.1, 0.15) is 19.8 Å². The van der Waals surface area contributed by atoms with Gasteiger partial charge in [0.1, 0.15) is 5.92 Å². The molecule has 0 radical (unpaired) electrons. The van der Waals surface area contributed by atoms with E-state index in [-0.39, 0.29) is 24.0 Å². The van der Waals surface area contributed by atoms with Crippen molar-refractivity contribution in [1.82, 2.24) is 9.80 Å². The summed E-state index contributed by atoms with van der Waals surface area (Å²) in [5.41, 5.74) is 0.253. The number of carbonyl (C=O) groups is 3. The molecule has 8 heteroatoms. The fraction of sp³-hybridized carbons (Fsp3) is 0.500. The molecule has 0 N–H and O–H groups in total. The van der Waals surface area contributed by atoms with Crippen molar-refractivity contribution >= 4 is 23.4 Å². The van der Waals surface area contributed by atoms with E-state index in [4.69, 9.17) is 0 Å². The summed E-state index contributed by atoms with van der Waals surface area (Å²) in [6.07, 6.45) is 1.00. The van der Waals surface area contributed by atoms with Crippen LogP contribution in [0.4, 0.5) is 14.5 Å². The molecule has 3 amide bonds. The first kappa shape index (κ1) is 18.3. The molecular weight excluding hydrogens is 344 g/mol. The summed E-state index contributed by atoms with van der Waals surface area (Å²) >= 11 is 0. The third-order valence-electron chi connectivity index (χ3n) is 4.97. The standard InChI is InChI=1S/C18H21F2N3O3/c1-12(24)21-6-2-7-22(10-9-21)17(25)14-5-8-23(18(14)26)13-3-4-15(19)16(20)11-13/h3-4,11,14H,2,5-10H2,1H3. The lowest BCUT2D eigenvalue weighted by Crippen LogP contribution is -2.42. The molecule has 2 fully saturated rings. The average Bonchev–Trinajstić information content (AvgIpc) is 2.83. The van der Waals surface area contributed by atoms with Gasteiger partial charge in [-0.1, -0.05) is 0 Å². The van der Waals surface area contributed by atoms with E-state index in [2.05, 4.69) is 0 Å². The lowest BCUT2D eigenvalue weighted by molar-refractivity contribution is -0.140. The van der Waals surface area contributed by atoms with Crippen LogP contribution >= 0.6 is 0 Å². The highest BCUT2D eigenvalue weighted by molar-refractivity contribution is 6.09. The smallest absolute Gasteiger partial charge is 0.239 e. The van der Waals surface area contributed by atoms with E-state index in [1.165, 1.54) is 17.9 Å². The lowest BCUT2D eigenvalue weighted by atomic mass is 10.1. The summed E-state index contributed by atoms with van der Waals surface area (Å²) in [6.45, 7) is 3.73. The van der Waals surface area contributed by atoms with E-state index in [0.717, 1.165) is 12.1 Å². The van der Waals surface area contributed by atoms with E-state index in [0.29, 0.717) is 39.0 Å². The molecule has 0 aliphatic carbocycles. The van der Waals surface area contributed by atoms with Crippen LogP contribution in [0, 0.1) is 17.6 Å². The van der Waals surface area contributed by atoms with E-state index in [1.54, 1.807) is 9.80 Å². The zero-order valence-corrected chi connectivity index (χ0v) is 14.6. The molecule has 1 aromatic rings. The van der Waals surface area contributed by atoms with Gasteiger partial charge >= 0.3 is 0 Å². The summed E-state index contributed by atoms with van der Waals surface area (Å²) in [5.74, 6) is -3.50. The molecule has 3 rings (SSSR count). The molecular formula is C18H21F2N3O3. The lowest BCUT2D eigenvalue weighted by Gasteiger charge is -2.24. The highest BCUT2D eigenvalue weighted by Gasteiger charge is 2.40. The fourth-order valence-electron chi connectivity index (χ4n) is 3.49. The molecule has 0 bridgehead atoms. The minimum absolute atomic E-state index is 0.0271. The van der Waals surface area contributed by atoms with Crippen molar-refractivity contribution in [3.05, 3.63) is 29.8 Å². The highest BCUT2D eigenvalue weighted by Crippen LogP contribution is 2.28. The molecule has 2 saturated heterocycles. The molecule has 2 heterocycles. The van der Waals surface area contributed by atoms with Crippen LogP contribution < -0.4 is 4.90 Å². The highest BCUT2D eigenvalue weighted by atomic mass is 19.2. The number of benzene rings is 1. The third kappa shape index (κ3) is 3.54. The van der Waals surface area contributed by atoms with E-state index >= 15 is 0 Å². The number of amides is 3. The summed E-state index contributed by atoms with van der Waals surface area (Å²) in [7, 11) is 0. The molecule has 1 atom stereocenters. The van der Waals surface area contributed by atoms with E-state index in [9.17, 15) is 23.2 Å². The summed E-state index contributed by atoms with van der Waals surface area (Å²) < 4.78 is 26.5. The first-order valence-corrected chi connectivity index (χ1v) is 8.69. The monoisotopic (exact) mass is 365 g/mol. The Morgan fingerprint density at radius 2 is 1.69 bits per heavy atom. The number of carbonyl (C=O) groups excluding carboxylic acids is 3. The van der Waals surface area contributed by atoms with Crippen molar-refractivity contribution in [3.8, 4) is 0 Å². The van der Waals surface area contributed by atoms with Gasteiger partial charge in [-0.05, 0) is 25.0 Å². The fourth-order valence-corrected chi connectivity index (χ4v) is 3.49. The van der Waals surface area contributed by atoms with Gasteiger partial charge in [0, 0.05) is 51.4 Å². The van der Waals surface area contributed by atoms with E-state index < -0.39 is 23.5 Å². The maximum atomic E-state index is 13.4. The third-order valence-corrected chi connectivity index (χ3v) is 4.97. The van der Waals surface area contributed by atoms with Crippen molar-refractivity contribution in [2.24, 2.45) is 5.92 Å². The minimum atomic E-state index is -1.03. The largest absolute Gasteiger partial charge is 0.341 e. The topological polar surface area (TPSA) is 60.9 Å². The van der Waals surface area contributed by atoms with Crippen LogP contribution in [0.25, 0.3) is 0 Å². The average molecular weight is 365 g/mol. The Balaban J connectivity index is 1.68. The quantitative estimate of drug-likeness (QED) is 0.745. The number of halogens is 2. The molecule has 1 aromatic carbocycles. The van der Waals surface area contributed by atoms with Crippen LogP contribution in [0.2, 0.25) is 0 Å². The van der Waals surface area contributed by atoms with Gasteiger partial charge in [-0.25, -0.2) is 8.78 Å². The van der Waals surface area contributed by atoms with Crippen molar-refractivity contribution in [2.75, 3.05) is 37.6 Å². The maximum absolute atomic E-state index is 13.4. The molecule has 140 valence electrons. The van der Waals surface area contributed by atoms with Gasteiger partial charge < -0.3 is 14.7 Å². The van der Waals surface area contributed by atoms with Crippen molar-refractivity contribution < 1.29 is 23.2 Å². The Hall–Kier alpha value is -2.51. The molecule has 1 unspecified atom stereocenters. The number of rotatable bonds is 2. The SMILES string of the molecule is CC(=O)N1CCCN(C(=O)C2CCN(c3ccc(F)c(F)c3)C2=O)CC1. The van der Waals surface area contributed by atoms with Crippen molar-refractivity contribution in [1.29, 1.82) is 0 Å². The summed E-state index contributed by atoms with van der Waals surface area (Å²) in [5, 5.41) is 0. The predicted octanol–water partition coefficient (Wildman–Crippen LogP) is 1.40. The van der Waals surface area contributed by atoms with Gasteiger partial charge in [-0.3, -0.25) is 14.4 Å². The van der Waals surface area contributed by atoms with Gasteiger partial charge in [-0.2, -0.15) is 0 Å². The van der Waals surface area contributed by atoms with Crippen molar-refractivity contribution in [3.63, 3.8) is 0 Å². The number of anilines is 1. The van der Waals surface area contributed by atoms with Crippen LogP contribution in [0.5, 0.6) is 0 Å². The first-order chi connectivity index (χ1) is 12.4. The van der Waals surface area contributed by atoms with Gasteiger partial charge in [-0.15, -0.1) is 0 Å². The normalized spacial score (nSPS) is 21.1. The minimum Gasteiger partial charge on any atom is -0.341 e. The van der Waals surface area contributed by atoms with Crippen LogP contribution in [0.3, 0.4) is 0 Å². The van der Waals surface area contributed by atoms with Crippen LogP contribution in [-0.4, -0.2) is 60.2 Å². The van der Waals surface area contributed by atoms with Gasteiger partial charge in [0.15, 0.2) is 11.6 Å². The Bertz CT molecular complexity index is 740. The Morgan fingerprint density at radius 3 is 2.38 bits per heavy atom.